The molecule has 1 rings (SSSR count). The Hall–Kier alpha value is -1.12. The number of esters is 1. The van der Waals surface area contributed by atoms with Crippen molar-refractivity contribution < 1.29 is 14.3 Å². The van der Waals surface area contributed by atoms with E-state index in [1.165, 1.54) is 0 Å². The number of Topliss-reactive ketones (excluding diaryl/α,β-unsaturated/α-hetero) is 1. The van der Waals surface area contributed by atoms with Gasteiger partial charge in [-0.15, -0.1) is 0 Å². The molecule has 0 aromatic rings. The molecule has 1 aliphatic carbocycles. The summed E-state index contributed by atoms with van der Waals surface area (Å²) < 4.78 is 5.06. The highest BCUT2D eigenvalue weighted by atomic mass is 16.5. The van der Waals surface area contributed by atoms with Crippen molar-refractivity contribution in [3.05, 3.63) is 12.2 Å². The summed E-state index contributed by atoms with van der Waals surface area (Å²) in [5.41, 5.74) is -0.888. The Bertz CT molecular complexity index is 294. The molecule has 3 nitrogen and oxygen atoms in total. The van der Waals surface area contributed by atoms with Gasteiger partial charge in [0.2, 0.25) is 0 Å². The van der Waals surface area contributed by atoms with Gasteiger partial charge in [-0.3, -0.25) is 9.59 Å². The van der Waals surface area contributed by atoms with Crippen molar-refractivity contribution in [2.75, 3.05) is 6.61 Å². The van der Waals surface area contributed by atoms with E-state index in [4.69, 9.17) is 4.74 Å². The summed E-state index contributed by atoms with van der Waals surface area (Å²) >= 11 is 0. The molecule has 0 N–H and O–H groups in total. The van der Waals surface area contributed by atoms with Crippen molar-refractivity contribution in [1.29, 1.82) is 0 Å². The van der Waals surface area contributed by atoms with Crippen LogP contribution in [0.1, 0.15) is 46.0 Å². The summed E-state index contributed by atoms with van der Waals surface area (Å²) in [6.45, 7) is 4.00. The topological polar surface area (TPSA) is 43.4 Å². The molecule has 0 amide bonds. The van der Waals surface area contributed by atoms with Crippen molar-refractivity contribution in [2.45, 2.75) is 46.0 Å². The van der Waals surface area contributed by atoms with E-state index in [1.807, 2.05) is 19.1 Å². The number of allylic oxidation sites excluding steroid dienone is 2. The molecular formula is C13H20O3. The number of carbonyl (C=O) groups excluding carboxylic acids is 2. The number of carbonyl (C=O) groups is 2. The Morgan fingerprint density at radius 2 is 2.25 bits per heavy atom. The lowest BCUT2D eigenvalue weighted by Gasteiger charge is -2.32. The normalized spacial score (nSPS) is 26.0. The average molecular weight is 224 g/mol. The molecule has 1 saturated carbocycles. The molecule has 1 fully saturated rings. The van der Waals surface area contributed by atoms with Crippen molar-refractivity contribution >= 4 is 11.8 Å². The van der Waals surface area contributed by atoms with E-state index in [0.29, 0.717) is 25.9 Å². The minimum atomic E-state index is -0.888. The molecule has 0 heterocycles. The highest BCUT2D eigenvalue weighted by Crippen LogP contribution is 2.38. The van der Waals surface area contributed by atoms with Crippen LogP contribution < -0.4 is 0 Å². The molecule has 90 valence electrons. The van der Waals surface area contributed by atoms with Crippen molar-refractivity contribution in [3.8, 4) is 0 Å². The highest BCUT2D eigenvalue weighted by Gasteiger charge is 2.46. The molecule has 1 unspecified atom stereocenters. The van der Waals surface area contributed by atoms with Crippen LogP contribution in [0.2, 0.25) is 0 Å². The first kappa shape index (κ1) is 12.9. The predicted octanol–water partition coefficient (Wildman–Crippen LogP) is 2.65. The number of hydrogen-bond donors (Lipinski definition) is 0. The van der Waals surface area contributed by atoms with Gasteiger partial charge in [-0.1, -0.05) is 18.6 Å². The van der Waals surface area contributed by atoms with Crippen LogP contribution in [0.15, 0.2) is 12.2 Å². The minimum Gasteiger partial charge on any atom is -0.465 e. The van der Waals surface area contributed by atoms with Gasteiger partial charge in [-0.05, 0) is 33.1 Å². The van der Waals surface area contributed by atoms with Crippen molar-refractivity contribution in [3.63, 3.8) is 0 Å². The Morgan fingerprint density at radius 3 is 2.81 bits per heavy atom. The van der Waals surface area contributed by atoms with Crippen LogP contribution in [0.3, 0.4) is 0 Å². The fraction of sp³-hybridized carbons (Fsp3) is 0.692. The second kappa shape index (κ2) is 5.83. The number of rotatable bonds is 4. The molecular weight excluding hydrogens is 204 g/mol. The second-order valence-electron chi connectivity index (χ2n) is 4.21. The maximum Gasteiger partial charge on any atom is 0.319 e. The molecule has 16 heavy (non-hydrogen) atoms. The average Bonchev–Trinajstić information content (AvgIpc) is 2.28. The summed E-state index contributed by atoms with van der Waals surface area (Å²) in [5, 5.41) is 0. The van der Waals surface area contributed by atoms with Gasteiger partial charge >= 0.3 is 5.97 Å². The molecule has 0 aliphatic heterocycles. The lowest BCUT2D eigenvalue weighted by Crippen LogP contribution is -2.42. The zero-order valence-electron chi connectivity index (χ0n) is 10.1. The zero-order chi connectivity index (χ0) is 12.0. The first-order valence-electron chi connectivity index (χ1n) is 5.99. The third kappa shape index (κ3) is 2.52. The maximum absolute atomic E-state index is 12.0. The quantitative estimate of drug-likeness (QED) is 0.419. The van der Waals surface area contributed by atoms with Gasteiger partial charge in [-0.2, -0.15) is 0 Å². The molecule has 0 spiro atoms. The van der Waals surface area contributed by atoms with Crippen LogP contribution in [0.4, 0.5) is 0 Å². The van der Waals surface area contributed by atoms with E-state index >= 15 is 0 Å². The second-order valence-corrected chi connectivity index (χ2v) is 4.21. The SMILES string of the molecule is C/C=C/CC1(C(=O)OCC)CCCCC1=O. The summed E-state index contributed by atoms with van der Waals surface area (Å²) in [6, 6.07) is 0. The number of hydrogen-bond acceptors (Lipinski definition) is 3. The predicted molar refractivity (Wildman–Crippen MR) is 62.0 cm³/mol. The van der Waals surface area contributed by atoms with Gasteiger partial charge in [0.1, 0.15) is 11.2 Å². The lowest BCUT2D eigenvalue weighted by molar-refractivity contribution is -0.162. The number of ether oxygens (including phenoxy) is 1. The summed E-state index contributed by atoms with van der Waals surface area (Å²) in [5.74, 6) is -0.284. The fourth-order valence-electron chi connectivity index (χ4n) is 2.19. The molecule has 0 radical (unpaired) electrons. The zero-order valence-corrected chi connectivity index (χ0v) is 10.1. The Kier molecular flexibility index (Phi) is 4.71. The molecule has 0 saturated heterocycles. The smallest absolute Gasteiger partial charge is 0.319 e. The van der Waals surface area contributed by atoms with Crippen molar-refractivity contribution in [1.82, 2.24) is 0 Å². The van der Waals surface area contributed by atoms with Crippen LogP contribution in [0, 0.1) is 5.41 Å². The summed E-state index contributed by atoms with van der Waals surface area (Å²) in [4.78, 5) is 24.0. The Morgan fingerprint density at radius 1 is 1.50 bits per heavy atom. The van der Waals surface area contributed by atoms with E-state index in [1.54, 1.807) is 6.92 Å². The molecule has 1 aliphatic rings. The van der Waals surface area contributed by atoms with Gasteiger partial charge in [0.15, 0.2) is 0 Å². The van der Waals surface area contributed by atoms with E-state index in [-0.39, 0.29) is 11.8 Å². The standard InChI is InChI=1S/C13H20O3/c1-3-5-9-13(12(15)16-4-2)10-7-6-8-11(13)14/h3,5H,4,6-10H2,1-2H3/b5-3+. The van der Waals surface area contributed by atoms with E-state index in [0.717, 1.165) is 12.8 Å². The monoisotopic (exact) mass is 224 g/mol. The maximum atomic E-state index is 12.0. The first-order chi connectivity index (χ1) is 7.67. The van der Waals surface area contributed by atoms with Crippen LogP contribution in [-0.4, -0.2) is 18.4 Å². The third-order valence-electron chi connectivity index (χ3n) is 3.16. The van der Waals surface area contributed by atoms with E-state index < -0.39 is 5.41 Å². The molecule has 3 heteroatoms. The molecule has 1 atom stereocenters. The Labute approximate surface area is 96.9 Å². The van der Waals surface area contributed by atoms with Crippen LogP contribution >= 0.6 is 0 Å². The van der Waals surface area contributed by atoms with Gasteiger partial charge in [0.25, 0.3) is 0 Å². The first-order valence-corrected chi connectivity index (χ1v) is 5.99. The largest absolute Gasteiger partial charge is 0.465 e. The van der Waals surface area contributed by atoms with E-state index in [9.17, 15) is 9.59 Å². The lowest BCUT2D eigenvalue weighted by atomic mass is 9.70. The fourth-order valence-corrected chi connectivity index (χ4v) is 2.19. The summed E-state index contributed by atoms with van der Waals surface area (Å²) in [6.07, 6.45) is 7.23. The molecule has 0 bridgehead atoms. The minimum absolute atomic E-state index is 0.0512. The van der Waals surface area contributed by atoms with Gasteiger partial charge < -0.3 is 4.74 Å². The van der Waals surface area contributed by atoms with Gasteiger partial charge in [-0.25, -0.2) is 0 Å². The summed E-state index contributed by atoms with van der Waals surface area (Å²) in [7, 11) is 0. The Balaban J connectivity index is 2.89. The van der Waals surface area contributed by atoms with Crippen LogP contribution in [-0.2, 0) is 14.3 Å². The van der Waals surface area contributed by atoms with Gasteiger partial charge in [0, 0.05) is 6.42 Å². The third-order valence-corrected chi connectivity index (χ3v) is 3.16. The molecule has 0 aromatic carbocycles. The van der Waals surface area contributed by atoms with Crippen LogP contribution in [0.5, 0.6) is 0 Å². The van der Waals surface area contributed by atoms with E-state index in [2.05, 4.69) is 0 Å². The van der Waals surface area contributed by atoms with Gasteiger partial charge in [0.05, 0.1) is 6.61 Å². The highest BCUT2D eigenvalue weighted by molar-refractivity contribution is 6.04. The number of ketones is 1. The van der Waals surface area contributed by atoms with Crippen molar-refractivity contribution in [2.24, 2.45) is 5.41 Å². The molecule has 0 aromatic heterocycles. The van der Waals surface area contributed by atoms with Crippen LogP contribution in [0.25, 0.3) is 0 Å².